The highest BCUT2D eigenvalue weighted by molar-refractivity contribution is 5.94. The van der Waals surface area contributed by atoms with Crippen LogP contribution in [0, 0.1) is 0 Å². The summed E-state index contributed by atoms with van der Waals surface area (Å²) in [5.74, 6) is 0.922. The molecule has 8 heteroatoms. The van der Waals surface area contributed by atoms with Crippen molar-refractivity contribution in [1.29, 1.82) is 0 Å². The van der Waals surface area contributed by atoms with E-state index in [1.54, 1.807) is 24.9 Å². The number of nitrogens with zero attached hydrogens (tertiary/aromatic N) is 6. The van der Waals surface area contributed by atoms with Crippen LogP contribution in [0.4, 0.5) is 5.82 Å². The van der Waals surface area contributed by atoms with E-state index in [1.165, 1.54) is 5.56 Å². The molecule has 4 rings (SSSR count). The largest absolute Gasteiger partial charge is 0.355 e. The average Bonchev–Trinajstić information content (AvgIpc) is 3.44. The second kappa shape index (κ2) is 9.42. The number of amides is 1. The summed E-state index contributed by atoms with van der Waals surface area (Å²) in [5, 5.41) is 3.01. The molecule has 4 heterocycles. The minimum Gasteiger partial charge on any atom is -0.355 e. The van der Waals surface area contributed by atoms with Gasteiger partial charge in [0.15, 0.2) is 0 Å². The molecule has 0 aliphatic carbocycles. The van der Waals surface area contributed by atoms with E-state index >= 15 is 0 Å². The third kappa shape index (κ3) is 4.74. The molecule has 4 aromatic rings. The van der Waals surface area contributed by atoms with Crippen LogP contribution in [0.25, 0.3) is 5.65 Å². The lowest BCUT2D eigenvalue weighted by Crippen LogP contribution is -2.25. The second-order valence-electron chi connectivity index (χ2n) is 7.50. The predicted molar refractivity (Wildman–Crippen MR) is 120 cm³/mol. The molecule has 0 aromatic carbocycles. The molecule has 31 heavy (non-hydrogen) atoms. The van der Waals surface area contributed by atoms with Crippen LogP contribution < -0.4 is 10.2 Å². The first kappa shape index (κ1) is 20.6. The van der Waals surface area contributed by atoms with Crippen molar-refractivity contribution in [2.45, 2.75) is 32.9 Å². The van der Waals surface area contributed by atoms with Gasteiger partial charge in [-0.2, -0.15) is 0 Å². The maximum absolute atomic E-state index is 12.7. The van der Waals surface area contributed by atoms with Crippen LogP contribution in [-0.4, -0.2) is 43.4 Å². The van der Waals surface area contributed by atoms with Crippen LogP contribution in [0.1, 0.15) is 35.0 Å². The van der Waals surface area contributed by atoms with Crippen molar-refractivity contribution in [2.75, 3.05) is 18.5 Å². The van der Waals surface area contributed by atoms with Gasteiger partial charge < -0.3 is 14.8 Å². The molecule has 0 fully saturated rings. The first-order chi connectivity index (χ1) is 15.2. The Hall–Kier alpha value is -3.68. The number of anilines is 1. The summed E-state index contributed by atoms with van der Waals surface area (Å²) in [6.07, 6.45) is 12.6. The second-order valence-corrected chi connectivity index (χ2v) is 7.50. The van der Waals surface area contributed by atoms with E-state index in [9.17, 15) is 4.79 Å². The zero-order chi connectivity index (χ0) is 21.6. The lowest BCUT2D eigenvalue weighted by Gasteiger charge is -2.20. The summed E-state index contributed by atoms with van der Waals surface area (Å²) in [6, 6.07) is 7.75. The summed E-state index contributed by atoms with van der Waals surface area (Å²) >= 11 is 0. The molecule has 160 valence electrons. The SMILES string of the molecule is CCc1nc2ccc(C(=O)NCCCn3ccnc3)cn2c1N(C)Cc1ccncc1. The molecule has 8 nitrogen and oxygen atoms in total. The van der Waals surface area contributed by atoms with Gasteiger partial charge in [-0.05, 0) is 42.7 Å². The molecule has 0 aliphatic rings. The van der Waals surface area contributed by atoms with Crippen molar-refractivity contribution in [3.63, 3.8) is 0 Å². The highest BCUT2D eigenvalue weighted by atomic mass is 16.1. The molecule has 0 atom stereocenters. The minimum atomic E-state index is -0.0815. The molecular weight excluding hydrogens is 390 g/mol. The maximum atomic E-state index is 12.7. The number of hydrogen-bond donors (Lipinski definition) is 1. The van der Waals surface area contributed by atoms with Crippen LogP contribution >= 0.6 is 0 Å². The first-order valence-corrected chi connectivity index (χ1v) is 10.5. The summed E-state index contributed by atoms with van der Waals surface area (Å²) in [5.41, 5.74) is 3.63. The number of carbonyl (C=O) groups is 1. The van der Waals surface area contributed by atoms with E-state index in [4.69, 9.17) is 4.98 Å². The number of fused-ring (bicyclic) bond motifs is 1. The number of imidazole rings is 2. The summed E-state index contributed by atoms with van der Waals surface area (Å²) < 4.78 is 4.02. The Morgan fingerprint density at radius 1 is 1.13 bits per heavy atom. The zero-order valence-electron chi connectivity index (χ0n) is 17.9. The van der Waals surface area contributed by atoms with E-state index in [0.717, 1.165) is 43.1 Å². The smallest absolute Gasteiger partial charge is 0.252 e. The van der Waals surface area contributed by atoms with Gasteiger partial charge in [0.1, 0.15) is 11.5 Å². The minimum absolute atomic E-state index is 0.0815. The third-order valence-corrected chi connectivity index (χ3v) is 5.23. The molecule has 0 radical (unpaired) electrons. The van der Waals surface area contributed by atoms with Gasteiger partial charge in [0.05, 0.1) is 17.6 Å². The van der Waals surface area contributed by atoms with Crippen LogP contribution in [0.5, 0.6) is 0 Å². The molecule has 0 saturated carbocycles. The molecular formula is C23H27N7O. The van der Waals surface area contributed by atoms with Crippen LogP contribution in [0.15, 0.2) is 61.6 Å². The van der Waals surface area contributed by atoms with Crippen molar-refractivity contribution >= 4 is 17.4 Å². The summed E-state index contributed by atoms with van der Waals surface area (Å²) in [7, 11) is 2.05. The number of rotatable bonds is 9. The molecule has 0 bridgehead atoms. The van der Waals surface area contributed by atoms with Crippen molar-refractivity contribution in [3.8, 4) is 0 Å². The van der Waals surface area contributed by atoms with E-state index in [2.05, 4.69) is 27.1 Å². The lowest BCUT2D eigenvalue weighted by atomic mass is 10.2. The number of carbonyl (C=O) groups excluding carboxylic acids is 1. The van der Waals surface area contributed by atoms with Crippen LogP contribution in [0.3, 0.4) is 0 Å². The monoisotopic (exact) mass is 417 g/mol. The number of aromatic nitrogens is 5. The number of hydrogen-bond acceptors (Lipinski definition) is 5. The van der Waals surface area contributed by atoms with Gasteiger partial charge in [0, 0.05) is 57.7 Å². The molecule has 0 spiro atoms. The van der Waals surface area contributed by atoms with E-state index in [-0.39, 0.29) is 5.91 Å². The van der Waals surface area contributed by atoms with E-state index < -0.39 is 0 Å². The molecule has 0 aliphatic heterocycles. The Kier molecular flexibility index (Phi) is 6.26. The van der Waals surface area contributed by atoms with Crippen molar-refractivity contribution in [1.82, 2.24) is 29.2 Å². The van der Waals surface area contributed by atoms with Crippen molar-refractivity contribution < 1.29 is 4.79 Å². The molecule has 0 saturated heterocycles. The topological polar surface area (TPSA) is 80.3 Å². The Morgan fingerprint density at radius 3 is 2.71 bits per heavy atom. The molecule has 1 N–H and O–H groups in total. The number of pyridine rings is 2. The van der Waals surface area contributed by atoms with Gasteiger partial charge in [0.2, 0.25) is 0 Å². The van der Waals surface area contributed by atoms with Gasteiger partial charge in [-0.3, -0.25) is 14.2 Å². The Bertz CT molecular complexity index is 1140. The molecule has 0 unspecified atom stereocenters. The average molecular weight is 418 g/mol. The van der Waals surface area contributed by atoms with E-state index in [1.807, 2.05) is 52.7 Å². The van der Waals surface area contributed by atoms with Crippen molar-refractivity contribution in [3.05, 3.63) is 78.4 Å². The number of nitrogens with one attached hydrogen (secondary N) is 1. The summed E-state index contributed by atoms with van der Waals surface area (Å²) in [4.78, 5) is 27.8. The highest BCUT2D eigenvalue weighted by Gasteiger charge is 2.17. The predicted octanol–water partition coefficient (Wildman–Crippen LogP) is 2.94. The fourth-order valence-corrected chi connectivity index (χ4v) is 3.68. The fraction of sp³-hybridized carbons (Fsp3) is 0.304. The first-order valence-electron chi connectivity index (χ1n) is 10.5. The van der Waals surface area contributed by atoms with Gasteiger partial charge >= 0.3 is 0 Å². The summed E-state index contributed by atoms with van der Waals surface area (Å²) in [6.45, 7) is 4.26. The molecule has 1 amide bonds. The highest BCUT2D eigenvalue weighted by Crippen LogP contribution is 2.24. The Labute approximate surface area is 181 Å². The fourth-order valence-electron chi connectivity index (χ4n) is 3.68. The van der Waals surface area contributed by atoms with E-state index in [0.29, 0.717) is 12.1 Å². The number of aryl methyl sites for hydroxylation is 2. The Morgan fingerprint density at radius 2 is 1.97 bits per heavy atom. The van der Waals surface area contributed by atoms with Gasteiger partial charge in [-0.25, -0.2) is 9.97 Å². The van der Waals surface area contributed by atoms with Crippen LogP contribution in [-0.2, 0) is 19.5 Å². The van der Waals surface area contributed by atoms with Gasteiger partial charge in [-0.1, -0.05) is 6.92 Å². The van der Waals surface area contributed by atoms with Gasteiger partial charge in [-0.15, -0.1) is 0 Å². The Balaban J connectivity index is 1.50. The van der Waals surface area contributed by atoms with Crippen LogP contribution in [0.2, 0.25) is 0 Å². The van der Waals surface area contributed by atoms with Crippen molar-refractivity contribution in [2.24, 2.45) is 0 Å². The van der Waals surface area contributed by atoms with Gasteiger partial charge in [0.25, 0.3) is 5.91 Å². The third-order valence-electron chi connectivity index (χ3n) is 5.23. The maximum Gasteiger partial charge on any atom is 0.252 e. The molecule has 4 aromatic heterocycles. The lowest BCUT2D eigenvalue weighted by molar-refractivity contribution is 0.0952. The normalized spacial score (nSPS) is 11.0. The zero-order valence-corrected chi connectivity index (χ0v) is 17.9. The standard InChI is InChI=1S/C23H27N7O/c1-3-20-23(28(2)15-18-7-10-24-11-8-18)30-16-19(5-6-21(30)27-20)22(31)26-9-4-13-29-14-12-25-17-29/h5-8,10-12,14,16-17H,3-4,9,13,15H2,1-2H3,(H,26,31). The quantitative estimate of drug-likeness (QED) is 0.424.